The van der Waals surface area contributed by atoms with Crippen molar-refractivity contribution in [2.24, 2.45) is 11.3 Å². The lowest BCUT2D eigenvalue weighted by molar-refractivity contribution is -0.141. The first-order valence-electron chi connectivity index (χ1n) is 16.5. The van der Waals surface area contributed by atoms with Crippen molar-refractivity contribution in [1.29, 1.82) is 0 Å². The highest BCUT2D eigenvalue weighted by atomic mass is 35.5. The fourth-order valence-corrected chi connectivity index (χ4v) is 7.65. The third kappa shape index (κ3) is 8.99. The van der Waals surface area contributed by atoms with Gasteiger partial charge in [0.25, 0.3) is 0 Å². The van der Waals surface area contributed by atoms with Gasteiger partial charge in [-0.25, -0.2) is 0 Å². The number of carbonyl (C=O) groups excluding carboxylic acids is 2. The molecule has 44 heavy (non-hydrogen) atoms. The van der Waals surface area contributed by atoms with E-state index in [0.717, 1.165) is 56.9 Å². The van der Waals surface area contributed by atoms with E-state index in [0.29, 0.717) is 12.3 Å². The summed E-state index contributed by atoms with van der Waals surface area (Å²) in [4.78, 5) is 29.8. The number of hydrogen-bond acceptors (Lipinski definition) is 4. The van der Waals surface area contributed by atoms with Gasteiger partial charge in [0.1, 0.15) is 0 Å². The average Bonchev–Trinajstić information content (AvgIpc) is 3.00. The van der Waals surface area contributed by atoms with Crippen molar-refractivity contribution in [2.75, 3.05) is 19.6 Å². The van der Waals surface area contributed by atoms with Crippen LogP contribution in [-0.4, -0.2) is 54.0 Å². The van der Waals surface area contributed by atoms with Gasteiger partial charge in [-0.05, 0) is 114 Å². The molecule has 2 aliphatic heterocycles. The summed E-state index contributed by atoms with van der Waals surface area (Å²) in [6.45, 7) is 9.74. The second kappa shape index (κ2) is 15.4. The number of fused-ring (bicyclic) bond motifs is 1. The monoisotopic (exact) mass is 642 g/mol. The van der Waals surface area contributed by atoms with Gasteiger partial charge in [-0.1, -0.05) is 67.3 Å². The lowest BCUT2D eigenvalue weighted by Gasteiger charge is -2.48. The summed E-state index contributed by atoms with van der Waals surface area (Å²) in [5.41, 5.74) is 3.21. The van der Waals surface area contributed by atoms with Crippen LogP contribution in [0.25, 0.3) is 0 Å². The van der Waals surface area contributed by atoms with E-state index < -0.39 is 0 Å². The molecule has 1 aliphatic carbocycles. The smallest absolute Gasteiger partial charge is 0.237 e. The van der Waals surface area contributed by atoms with Gasteiger partial charge in [0.05, 0.1) is 11.5 Å². The normalized spacial score (nSPS) is 21.4. The van der Waals surface area contributed by atoms with Gasteiger partial charge in [-0.2, -0.15) is 0 Å². The molecule has 2 heterocycles. The molecule has 0 spiro atoms. The van der Waals surface area contributed by atoms with Gasteiger partial charge in [0, 0.05) is 29.7 Å². The Morgan fingerprint density at radius 2 is 1.66 bits per heavy atom. The highest BCUT2D eigenvalue weighted by molar-refractivity contribution is 6.30. The predicted octanol–water partition coefficient (Wildman–Crippen LogP) is 6.47. The molecule has 2 amide bonds. The first kappa shape index (κ1) is 34.7. The van der Waals surface area contributed by atoms with Gasteiger partial charge in [0.15, 0.2) is 0 Å². The lowest BCUT2D eigenvalue weighted by Crippen LogP contribution is -2.56. The Bertz CT molecular complexity index is 1230. The van der Waals surface area contributed by atoms with Crippen molar-refractivity contribution in [3.63, 3.8) is 0 Å². The summed E-state index contributed by atoms with van der Waals surface area (Å²) in [5.74, 6) is 0.819. The van der Waals surface area contributed by atoms with Crippen LogP contribution >= 0.6 is 24.0 Å². The SMILES string of the molecule is CC(C)(C)NC(=O)C1(C2CCCCC2)CCN(CC[C@H](Cc2ccc(Cl)cc2)NC(=O)[C@H]2Cc3ccccc3CN2)CC1.Cl. The number of likely N-dealkylation sites (tertiary alicyclic amines) is 1. The zero-order chi connectivity index (χ0) is 30.5. The summed E-state index contributed by atoms with van der Waals surface area (Å²) >= 11 is 6.16. The molecule has 0 radical (unpaired) electrons. The van der Waals surface area contributed by atoms with Crippen LogP contribution in [0.2, 0.25) is 5.02 Å². The van der Waals surface area contributed by atoms with E-state index in [2.05, 4.69) is 78.0 Å². The van der Waals surface area contributed by atoms with Crippen molar-refractivity contribution in [1.82, 2.24) is 20.9 Å². The van der Waals surface area contributed by atoms with Crippen LogP contribution in [0, 0.1) is 11.3 Å². The predicted molar refractivity (Wildman–Crippen MR) is 182 cm³/mol. The Hall–Kier alpha value is -2.12. The Morgan fingerprint density at radius 1 is 1.00 bits per heavy atom. The molecule has 0 aromatic heterocycles. The van der Waals surface area contributed by atoms with Crippen LogP contribution in [0.15, 0.2) is 48.5 Å². The number of piperidine rings is 1. The molecule has 1 saturated heterocycles. The van der Waals surface area contributed by atoms with Crippen LogP contribution in [-0.2, 0) is 29.0 Å². The molecule has 3 N–H and O–H groups in total. The van der Waals surface area contributed by atoms with Gasteiger partial charge >= 0.3 is 0 Å². The first-order valence-corrected chi connectivity index (χ1v) is 16.9. The number of nitrogens with one attached hydrogen (secondary N) is 3. The maximum absolute atomic E-state index is 13.8. The number of rotatable bonds is 9. The number of carbonyl (C=O) groups is 2. The van der Waals surface area contributed by atoms with Crippen LogP contribution in [0.1, 0.15) is 88.8 Å². The molecular weight excluding hydrogens is 591 g/mol. The molecule has 2 fully saturated rings. The molecule has 2 atom stereocenters. The molecule has 8 heteroatoms. The molecule has 5 rings (SSSR count). The zero-order valence-electron chi connectivity index (χ0n) is 26.8. The Balaban J connectivity index is 0.00000442. The van der Waals surface area contributed by atoms with Crippen molar-refractivity contribution >= 4 is 35.8 Å². The summed E-state index contributed by atoms with van der Waals surface area (Å²) < 4.78 is 0. The van der Waals surface area contributed by atoms with Gasteiger partial charge in [0.2, 0.25) is 11.8 Å². The fourth-order valence-electron chi connectivity index (χ4n) is 7.53. The number of benzene rings is 2. The van der Waals surface area contributed by atoms with Gasteiger partial charge in [-0.3, -0.25) is 9.59 Å². The third-order valence-corrected chi connectivity index (χ3v) is 10.3. The average molecular weight is 644 g/mol. The second-order valence-corrected chi connectivity index (χ2v) is 14.7. The van der Waals surface area contributed by atoms with Crippen molar-refractivity contribution in [2.45, 2.75) is 109 Å². The quantitative estimate of drug-likeness (QED) is 0.293. The van der Waals surface area contributed by atoms with E-state index >= 15 is 0 Å². The van der Waals surface area contributed by atoms with Crippen LogP contribution in [0.5, 0.6) is 0 Å². The standard InChI is InChI=1S/C36H51ClN4O2.ClH/c1-35(2,3)40-34(43)36(29-11-5-4-6-12-29)18-21-41(22-19-36)20-17-31(23-26-13-15-30(37)16-14-26)39-33(42)32-24-27-9-7-8-10-28(27)25-38-32;/h7-10,13-16,29,31-32,38H,4-6,11-12,17-25H2,1-3H3,(H,39,42)(H,40,43);1H/t31-,32-;/m1./s1. The van der Waals surface area contributed by atoms with Gasteiger partial charge in [-0.15, -0.1) is 12.4 Å². The molecule has 0 bridgehead atoms. The fraction of sp³-hybridized carbons (Fsp3) is 0.611. The van der Waals surface area contributed by atoms with E-state index in [-0.39, 0.29) is 47.3 Å². The van der Waals surface area contributed by atoms with E-state index in [4.69, 9.17) is 11.6 Å². The summed E-state index contributed by atoms with van der Waals surface area (Å²) in [6.07, 6.45) is 10.3. The molecule has 2 aromatic rings. The lowest BCUT2D eigenvalue weighted by atomic mass is 9.63. The Kier molecular flexibility index (Phi) is 12.2. The van der Waals surface area contributed by atoms with Crippen molar-refractivity contribution < 1.29 is 9.59 Å². The Morgan fingerprint density at radius 3 is 2.32 bits per heavy atom. The first-order chi connectivity index (χ1) is 20.6. The van der Waals surface area contributed by atoms with Crippen LogP contribution in [0.4, 0.5) is 0 Å². The Labute approximate surface area is 275 Å². The summed E-state index contributed by atoms with van der Waals surface area (Å²) in [6, 6.07) is 16.1. The van der Waals surface area contributed by atoms with Crippen molar-refractivity contribution in [3.8, 4) is 0 Å². The van der Waals surface area contributed by atoms with E-state index in [1.807, 2.05) is 12.1 Å². The minimum Gasteiger partial charge on any atom is -0.352 e. The highest BCUT2D eigenvalue weighted by Crippen LogP contribution is 2.46. The molecular formula is C36H52Cl2N4O2. The maximum atomic E-state index is 13.8. The van der Waals surface area contributed by atoms with E-state index in [1.165, 1.54) is 48.8 Å². The van der Waals surface area contributed by atoms with E-state index in [9.17, 15) is 9.59 Å². The minimum absolute atomic E-state index is 0. The highest BCUT2D eigenvalue weighted by Gasteiger charge is 2.48. The molecule has 6 nitrogen and oxygen atoms in total. The maximum Gasteiger partial charge on any atom is 0.237 e. The number of amides is 2. The van der Waals surface area contributed by atoms with Crippen LogP contribution in [0.3, 0.4) is 0 Å². The third-order valence-electron chi connectivity index (χ3n) is 10.0. The topological polar surface area (TPSA) is 73.5 Å². The number of nitrogens with zero attached hydrogens (tertiary/aromatic N) is 1. The summed E-state index contributed by atoms with van der Waals surface area (Å²) in [5, 5.41) is 10.9. The largest absolute Gasteiger partial charge is 0.352 e. The molecule has 1 saturated carbocycles. The van der Waals surface area contributed by atoms with Gasteiger partial charge < -0.3 is 20.9 Å². The molecule has 0 unspecified atom stereocenters. The number of hydrogen-bond donors (Lipinski definition) is 3. The van der Waals surface area contributed by atoms with E-state index in [1.54, 1.807) is 0 Å². The minimum atomic E-state index is -0.260. The molecule has 3 aliphatic rings. The molecule has 2 aromatic carbocycles. The summed E-state index contributed by atoms with van der Waals surface area (Å²) in [7, 11) is 0. The molecule has 242 valence electrons. The number of halogens is 2. The van der Waals surface area contributed by atoms with Crippen LogP contribution < -0.4 is 16.0 Å². The second-order valence-electron chi connectivity index (χ2n) is 14.3. The zero-order valence-corrected chi connectivity index (χ0v) is 28.4. The van der Waals surface area contributed by atoms with Crippen molar-refractivity contribution in [3.05, 3.63) is 70.2 Å².